The number of nitrogens with one attached hydrogen (secondary N) is 2. The normalized spacial score (nSPS) is 15.7. The molecule has 0 amide bonds. The van der Waals surface area contributed by atoms with Crippen LogP contribution in [-0.2, 0) is 15.1 Å². The molecule has 10 nitrogen and oxygen atoms in total. The lowest BCUT2D eigenvalue weighted by atomic mass is 9.95. The Morgan fingerprint density at radius 1 is 1.35 bits per heavy atom. The number of ether oxygens (including phenoxy) is 2. The lowest BCUT2D eigenvalue weighted by Gasteiger charge is -2.19. The van der Waals surface area contributed by atoms with Gasteiger partial charge in [0, 0.05) is 37.5 Å². The van der Waals surface area contributed by atoms with Gasteiger partial charge in [-0.1, -0.05) is 13.2 Å². The lowest BCUT2D eigenvalue weighted by Crippen LogP contribution is -2.23. The number of hydrogen-bond acceptors (Lipinski definition) is 9. The predicted molar refractivity (Wildman–Crippen MR) is 122 cm³/mol. The number of nitrogens with two attached hydrogens (primary N) is 3. The van der Waals surface area contributed by atoms with E-state index in [9.17, 15) is 4.79 Å². The summed E-state index contributed by atoms with van der Waals surface area (Å²) < 4.78 is 10.9. The first-order valence-electron chi connectivity index (χ1n) is 9.50. The fourth-order valence-corrected chi connectivity index (χ4v) is 2.89. The van der Waals surface area contributed by atoms with Crippen molar-refractivity contribution in [1.82, 2.24) is 5.32 Å². The van der Waals surface area contributed by atoms with Crippen LogP contribution in [0.4, 0.5) is 5.69 Å². The average molecular weight is 428 g/mol. The minimum Gasteiger partial charge on any atom is -0.451 e. The number of hydrazone groups is 1. The van der Waals surface area contributed by atoms with Gasteiger partial charge in [-0.2, -0.15) is 0 Å². The van der Waals surface area contributed by atoms with Crippen LogP contribution in [0, 0.1) is 0 Å². The zero-order valence-electron chi connectivity index (χ0n) is 18.0. The minimum absolute atomic E-state index is 0.185. The van der Waals surface area contributed by atoms with Crippen LogP contribution in [0.25, 0.3) is 0 Å². The van der Waals surface area contributed by atoms with Gasteiger partial charge in [-0.05, 0) is 32.0 Å². The molecule has 0 atom stereocenters. The Balaban J connectivity index is 2.14. The standard InChI is InChI=1S/C21H29N7O3/c1-12(30-18(28-24)8-9-22)16(19(23)25-5)11-26-13(2)27-14-6-7-15-17(10-14)21(3,4)31-20(15)29/h6-7,10-11,26-27H,1-2,8-9,22,24H2,3-5H3,(H2,23,25)/b16-11-,28-18-. The van der Waals surface area contributed by atoms with Crippen molar-refractivity contribution in [2.75, 3.05) is 18.9 Å². The van der Waals surface area contributed by atoms with Crippen LogP contribution in [0.1, 0.15) is 36.2 Å². The van der Waals surface area contributed by atoms with E-state index < -0.39 is 5.60 Å². The average Bonchev–Trinajstić information content (AvgIpc) is 2.95. The number of esters is 1. The van der Waals surface area contributed by atoms with Crippen LogP contribution in [0.15, 0.2) is 64.8 Å². The highest BCUT2D eigenvalue weighted by Crippen LogP contribution is 2.37. The van der Waals surface area contributed by atoms with Crippen LogP contribution < -0.4 is 27.9 Å². The van der Waals surface area contributed by atoms with E-state index >= 15 is 0 Å². The number of anilines is 1. The molecule has 8 N–H and O–H groups in total. The third-order valence-corrected chi connectivity index (χ3v) is 4.48. The van der Waals surface area contributed by atoms with Crippen molar-refractivity contribution in [2.45, 2.75) is 25.9 Å². The highest BCUT2D eigenvalue weighted by atomic mass is 16.6. The SMILES string of the molecule is C=C(N/C=C(/C(=C)O/C(CCN)=N\N)C(N)=NC)Nc1ccc2c(c1)C(C)(C)OC2=O. The van der Waals surface area contributed by atoms with Gasteiger partial charge in [-0.3, -0.25) is 4.99 Å². The first kappa shape index (κ1) is 23.5. The maximum atomic E-state index is 11.9. The summed E-state index contributed by atoms with van der Waals surface area (Å²) in [6.45, 7) is 11.8. The number of cyclic esters (lactones) is 1. The molecule has 0 aromatic heterocycles. The molecular formula is C21H29N7O3. The third kappa shape index (κ3) is 5.64. The fourth-order valence-electron chi connectivity index (χ4n) is 2.89. The molecule has 2 rings (SSSR count). The van der Waals surface area contributed by atoms with Crippen LogP contribution >= 0.6 is 0 Å². The second-order valence-corrected chi connectivity index (χ2v) is 7.16. The van der Waals surface area contributed by atoms with Crippen molar-refractivity contribution in [3.8, 4) is 0 Å². The molecule has 1 aromatic rings. The van der Waals surface area contributed by atoms with Crippen molar-refractivity contribution in [2.24, 2.45) is 27.4 Å². The summed E-state index contributed by atoms with van der Waals surface area (Å²) in [5, 5.41) is 9.65. The van der Waals surface area contributed by atoms with Gasteiger partial charge in [0.15, 0.2) is 0 Å². The van der Waals surface area contributed by atoms with E-state index in [4.69, 9.17) is 26.8 Å². The van der Waals surface area contributed by atoms with Gasteiger partial charge in [0.05, 0.1) is 17.0 Å². The van der Waals surface area contributed by atoms with E-state index in [-0.39, 0.29) is 23.5 Å². The Hall–Kier alpha value is -3.79. The van der Waals surface area contributed by atoms with E-state index in [2.05, 4.69) is 33.9 Å². The molecule has 0 spiro atoms. The summed E-state index contributed by atoms with van der Waals surface area (Å²) in [5.41, 5.74) is 13.2. The molecule has 1 heterocycles. The second kappa shape index (κ2) is 9.81. The van der Waals surface area contributed by atoms with E-state index in [1.54, 1.807) is 18.3 Å². The molecule has 0 saturated carbocycles. The molecule has 0 bridgehead atoms. The summed E-state index contributed by atoms with van der Waals surface area (Å²) in [5.74, 6) is 6.00. The number of hydrogen-bond donors (Lipinski definition) is 5. The largest absolute Gasteiger partial charge is 0.451 e. The molecule has 0 fully saturated rings. The van der Waals surface area contributed by atoms with Crippen molar-refractivity contribution < 1.29 is 14.3 Å². The molecule has 1 aromatic carbocycles. The maximum Gasteiger partial charge on any atom is 0.339 e. The van der Waals surface area contributed by atoms with Gasteiger partial charge in [0.1, 0.15) is 17.2 Å². The Morgan fingerprint density at radius 3 is 2.68 bits per heavy atom. The topological polar surface area (TPSA) is 162 Å². The molecule has 31 heavy (non-hydrogen) atoms. The number of nitrogens with zero attached hydrogens (tertiary/aromatic N) is 2. The molecule has 1 aliphatic rings. The first-order valence-corrected chi connectivity index (χ1v) is 9.50. The number of aliphatic imine (C=N–C) groups is 1. The Bertz CT molecular complexity index is 977. The monoisotopic (exact) mass is 427 g/mol. The van der Waals surface area contributed by atoms with E-state index in [0.717, 1.165) is 11.3 Å². The molecule has 10 heteroatoms. The zero-order valence-corrected chi connectivity index (χ0v) is 18.0. The summed E-state index contributed by atoms with van der Waals surface area (Å²) in [7, 11) is 1.54. The third-order valence-electron chi connectivity index (χ3n) is 4.48. The number of fused-ring (bicyclic) bond motifs is 1. The highest BCUT2D eigenvalue weighted by Gasteiger charge is 2.37. The predicted octanol–water partition coefficient (Wildman–Crippen LogP) is 1.59. The number of rotatable bonds is 9. The van der Waals surface area contributed by atoms with E-state index in [1.807, 2.05) is 19.9 Å². The molecule has 1 aliphatic heterocycles. The molecule has 166 valence electrons. The maximum absolute atomic E-state index is 11.9. The van der Waals surface area contributed by atoms with Gasteiger partial charge in [0.25, 0.3) is 0 Å². The molecule has 0 saturated heterocycles. The van der Waals surface area contributed by atoms with E-state index in [1.165, 1.54) is 7.05 Å². The molecule has 0 aliphatic carbocycles. The molecule has 0 radical (unpaired) electrons. The van der Waals surface area contributed by atoms with Gasteiger partial charge >= 0.3 is 5.97 Å². The molecule has 0 unspecified atom stereocenters. The minimum atomic E-state index is -0.696. The van der Waals surface area contributed by atoms with Crippen LogP contribution in [0.2, 0.25) is 0 Å². The van der Waals surface area contributed by atoms with Crippen molar-refractivity contribution in [1.29, 1.82) is 0 Å². The summed E-state index contributed by atoms with van der Waals surface area (Å²) in [4.78, 5) is 15.9. The second-order valence-electron chi connectivity index (χ2n) is 7.16. The van der Waals surface area contributed by atoms with Crippen LogP contribution in [0.3, 0.4) is 0 Å². The lowest BCUT2D eigenvalue weighted by molar-refractivity contribution is 0.00955. The van der Waals surface area contributed by atoms with Gasteiger partial charge < -0.3 is 37.4 Å². The number of amidine groups is 1. The smallest absolute Gasteiger partial charge is 0.339 e. The van der Waals surface area contributed by atoms with Gasteiger partial charge in [0.2, 0.25) is 5.90 Å². The summed E-state index contributed by atoms with van der Waals surface area (Å²) >= 11 is 0. The van der Waals surface area contributed by atoms with Gasteiger partial charge in [-0.25, -0.2) is 4.79 Å². The Labute approximate surface area is 181 Å². The number of benzene rings is 1. The number of carbonyl (C=O) groups is 1. The number of carbonyl (C=O) groups excluding carboxylic acids is 1. The zero-order chi connectivity index (χ0) is 23.2. The Kier molecular flexibility index (Phi) is 7.43. The van der Waals surface area contributed by atoms with E-state index in [0.29, 0.717) is 29.9 Å². The van der Waals surface area contributed by atoms with Gasteiger partial charge in [-0.15, -0.1) is 5.10 Å². The van der Waals surface area contributed by atoms with Crippen molar-refractivity contribution in [3.05, 3.63) is 65.8 Å². The fraction of sp³-hybridized carbons (Fsp3) is 0.286. The molecular weight excluding hydrogens is 398 g/mol. The first-order chi connectivity index (χ1) is 14.6. The summed E-state index contributed by atoms with van der Waals surface area (Å²) in [6.07, 6.45) is 1.88. The Morgan fingerprint density at radius 2 is 2.06 bits per heavy atom. The summed E-state index contributed by atoms with van der Waals surface area (Å²) in [6, 6.07) is 5.32. The highest BCUT2D eigenvalue weighted by molar-refractivity contribution is 6.00. The van der Waals surface area contributed by atoms with Crippen molar-refractivity contribution >= 4 is 23.4 Å². The van der Waals surface area contributed by atoms with Crippen LogP contribution in [0.5, 0.6) is 0 Å². The van der Waals surface area contributed by atoms with Crippen LogP contribution in [-0.4, -0.2) is 31.3 Å². The van der Waals surface area contributed by atoms with Crippen molar-refractivity contribution in [3.63, 3.8) is 0 Å². The quantitative estimate of drug-likeness (QED) is 0.0754.